The molecule has 126 valence electrons. The van der Waals surface area contributed by atoms with Crippen LogP contribution in [0.5, 0.6) is 0 Å². The van der Waals surface area contributed by atoms with Crippen LogP contribution in [0.4, 0.5) is 8.78 Å². The predicted molar refractivity (Wildman–Crippen MR) is 92.2 cm³/mol. The van der Waals surface area contributed by atoms with Gasteiger partial charge in [0.15, 0.2) is 11.6 Å². The Morgan fingerprint density at radius 2 is 1.91 bits per heavy atom. The number of allylic oxidation sites excluding steroid dienone is 1. The van der Waals surface area contributed by atoms with Crippen molar-refractivity contribution < 1.29 is 8.78 Å². The Labute approximate surface area is 139 Å². The molecule has 0 spiro atoms. The third-order valence-corrected chi connectivity index (χ3v) is 6.09. The third kappa shape index (κ3) is 3.36. The highest BCUT2D eigenvalue weighted by atomic mass is 19.2. The minimum absolute atomic E-state index is 0.489. The molecule has 2 aliphatic carbocycles. The van der Waals surface area contributed by atoms with E-state index in [0.29, 0.717) is 17.4 Å². The lowest BCUT2D eigenvalue weighted by Gasteiger charge is -2.37. The zero-order valence-corrected chi connectivity index (χ0v) is 14.4. The summed E-state index contributed by atoms with van der Waals surface area (Å²) in [6.07, 6.45) is 11.7. The standard InChI is InChI=1S/C21H28F2/c1-3-6-15-7-4-5-8-18(15)14(2)17-10-9-16-11-12-20(22)21(23)19(16)13-17/h11-15,18H,3-10H2,1-2H3. The van der Waals surface area contributed by atoms with Crippen molar-refractivity contribution in [2.45, 2.75) is 65.2 Å². The van der Waals surface area contributed by atoms with Gasteiger partial charge in [-0.25, -0.2) is 8.78 Å². The SMILES string of the molecule is CCCC1CCCCC1C(C)C1=Cc2c(ccc(F)c2F)CC1. The van der Waals surface area contributed by atoms with Crippen LogP contribution >= 0.6 is 0 Å². The normalized spacial score (nSPS) is 25.7. The molecule has 0 saturated heterocycles. The van der Waals surface area contributed by atoms with Crippen molar-refractivity contribution in [3.05, 3.63) is 40.5 Å². The third-order valence-electron chi connectivity index (χ3n) is 6.09. The number of hydrogen-bond donors (Lipinski definition) is 0. The van der Waals surface area contributed by atoms with Gasteiger partial charge in [0.2, 0.25) is 0 Å². The molecule has 1 fully saturated rings. The van der Waals surface area contributed by atoms with E-state index in [0.717, 1.165) is 24.3 Å². The number of rotatable bonds is 4. The van der Waals surface area contributed by atoms with Gasteiger partial charge in [0.05, 0.1) is 0 Å². The quantitative estimate of drug-likeness (QED) is 0.591. The van der Waals surface area contributed by atoms with Crippen LogP contribution in [0.2, 0.25) is 0 Å². The summed E-state index contributed by atoms with van der Waals surface area (Å²) < 4.78 is 27.7. The van der Waals surface area contributed by atoms with Crippen molar-refractivity contribution >= 4 is 6.08 Å². The molecular formula is C21H28F2. The van der Waals surface area contributed by atoms with Gasteiger partial charge in [0.1, 0.15) is 0 Å². The fourth-order valence-electron chi connectivity index (χ4n) is 4.77. The molecule has 1 aromatic carbocycles. The van der Waals surface area contributed by atoms with Gasteiger partial charge in [-0.15, -0.1) is 0 Å². The molecule has 0 amide bonds. The van der Waals surface area contributed by atoms with Gasteiger partial charge < -0.3 is 0 Å². The molecule has 0 N–H and O–H groups in total. The summed E-state index contributed by atoms with van der Waals surface area (Å²) in [6, 6.07) is 3.00. The number of halogens is 2. The number of aryl methyl sites for hydroxylation is 1. The largest absolute Gasteiger partial charge is 0.204 e. The van der Waals surface area contributed by atoms with Crippen molar-refractivity contribution in [1.29, 1.82) is 0 Å². The van der Waals surface area contributed by atoms with Crippen LogP contribution in [-0.2, 0) is 6.42 Å². The molecule has 0 aliphatic heterocycles. The van der Waals surface area contributed by atoms with Crippen molar-refractivity contribution in [2.75, 3.05) is 0 Å². The fraction of sp³-hybridized carbons (Fsp3) is 0.619. The van der Waals surface area contributed by atoms with Gasteiger partial charge in [-0.2, -0.15) is 0 Å². The summed E-state index contributed by atoms with van der Waals surface area (Å²) in [5.74, 6) is 0.621. The first-order chi connectivity index (χ1) is 11.1. The summed E-state index contributed by atoms with van der Waals surface area (Å²) in [5, 5.41) is 0. The van der Waals surface area contributed by atoms with Gasteiger partial charge in [-0.1, -0.05) is 63.7 Å². The first-order valence-electron chi connectivity index (χ1n) is 9.29. The highest BCUT2D eigenvalue weighted by Crippen LogP contribution is 2.43. The van der Waals surface area contributed by atoms with E-state index in [1.54, 1.807) is 6.07 Å². The van der Waals surface area contributed by atoms with E-state index in [1.165, 1.54) is 50.2 Å². The summed E-state index contributed by atoms with van der Waals surface area (Å²) in [5.41, 5.74) is 2.78. The van der Waals surface area contributed by atoms with Crippen molar-refractivity contribution in [3.63, 3.8) is 0 Å². The molecule has 3 rings (SSSR count). The van der Waals surface area contributed by atoms with E-state index in [4.69, 9.17) is 0 Å². The van der Waals surface area contributed by atoms with Crippen molar-refractivity contribution in [1.82, 2.24) is 0 Å². The van der Waals surface area contributed by atoms with Crippen LogP contribution in [-0.4, -0.2) is 0 Å². The van der Waals surface area contributed by atoms with Crippen LogP contribution in [0, 0.1) is 29.4 Å². The Morgan fingerprint density at radius 3 is 2.70 bits per heavy atom. The Hall–Kier alpha value is -1.18. The molecule has 3 unspecified atom stereocenters. The van der Waals surface area contributed by atoms with Crippen molar-refractivity contribution in [2.24, 2.45) is 17.8 Å². The smallest absolute Gasteiger partial charge is 0.166 e. The average Bonchev–Trinajstić information content (AvgIpc) is 2.58. The minimum atomic E-state index is -0.726. The van der Waals surface area contributed by atoms with E-state index >= 15 is 0 Å². The molecule has 0 aromatic heterocycles. The summed E-state index contributed by atoms with van der Waals surface area (Å²) >= 11 is 0. The fourth-order valence-corrected chi connectivity index (χ4v) is 4.77. The monoisotopic (exact) mass is 318 g/mol. The lowest BCUT2D eigenvalue weighted by Crippen LogP contribution is -2.27. The van der Waals surface area contributed by atoms with Gasteiger partial charge >= 0.3 is 0 Å². The molecule has 0 heterocycles. The lowest BCUT2D eigenvalue weighted by atomic mass is 9.68. The second-order valence-electron chi connectivity index (χ2n) is 7.44. The number of fused-ring (bicyclic) bond motifs is 1. The second kappa shape index (κ2) is 7.15. The van der Waals surface area contributed by atoms with Gasteiger partial charge in [-0.3, -0.25) is 0 Å². The Kier molecular flexibility index (Phi) is 5.18. The molecule has 0 radical (unpaired) electrons. The maximum absolute atomic E-state index is 14.1. The number of benzene rings is 1. The second-order valence-corrected chi connectivity index (χ2v) is 7.44. The van der Waals surface area contributed by atoms with Crippen LogP contribution in [0.25, 0.3) is 6.08 Å². The highest BCUT2D eigenvalue weighted by molar-refractivity contribution is 5.60. The molecule has 0 bridgehead atoms. The van der Waals surface area contributed by atoms with Crippen LogP contribution in [0.15, 0.2) is 17.7 Å². The summed E-state index contributed by atoms with van der Waals surface area (Å²) in [4.78, 5) is 0. The molecule has 2 heteroatoms. The number of hydrogen-bond acceptors (Lipinski definition) is 0. The van der Waals surface area contributed by atoms with Gasteiger partial charge in [0, 0.05) is 5.56 Å². The van der Waals surface area contributed by atoms with Crippen LogP contribution in [0.3, 0.4) is 0 Å². The maximum Gasteiger partial charge on any atom is 0.166 e. The highest BCUT2D eigenvalue weighted by Gasteiger charge is 2.31. The molecule has 23 heavy (non-hydrogen) atoms. The first-order valence-corrected chi connectivity index (χ1v) is 9.29. The van der Waals surface area contributed by atoms with E-state index < -0.39 is 11.6 Å². The van der Waals surface area contributed by atoms with E-state index in [1.807, 2.05) is 6.08 Å². The molecule has 2 aliphatic rings. The maximum atomic E-state index is 14.1. The Bertz CT molecular complexity index is 586. The lowest BCUT2D eigenvalue weighted by molar-refractivity contribution is 0.176. The van der Waals surface area contributed by atoms with Gasteiger partial charge in [-0.05, 0) is 48.6 Å². The Balaban J connectivity index is 1.85. The van der Waals surface area contributed by atoms with Crippen LogP contribution in [0.1, 0.15) is 69.9 Å². The van der Waals surface area contributed by atoms with E-state index in [2.05, 4.69) is 13.8 Å². The van der Waals surface area contributed by atoms with Crippen LogP contribution < -0.4 is 0 Å². The minimum Gasteiger partial charge on any atom is -0.204 e. The van der Waals surface area contributed by atoms with Gasteiger partial charge in [0.25, 0.3) is 0 Å². The zero-order chi connectivity index (χ0) is 16.4. The topological polar surface area (TPSA) is 0 Å². The van der Waals surface area contributed by atoms with E-state index in [-0.39, 0.29) is 0 Å². The first kappa shape index (κ1) is 16.7. The Morgan fingerprint density at radius 1 is 1.13 bits per heavy atom. The van der Waals surface area contributed by atoms with E-state index in [9.17, 15) is 8.78 Å². The summed E-state index contributed by atoms with van der Waals surface area (Å²) in [7, 11) is 0. The molecular weight excluding hydrogens is 290 g/mol. The van der Waals surface area contributed by atoms with Crippen molar-refractivity contribution in [3.8, 4) is 0 Å². The molecule has 1 saturated carbocycles. The molecule has 0 nitrogen and oxygen atoms in total. The average molecular weight is 318 g/mol. The molecule has 1 aromatic rings. The summed E-state index contributed by atoms with van der Waals surface area (Å²) in [6.45, 7) is 4.58. The predicted octanol–water partition coefficient (Wildman–Crippen LogP) is 6.54. The molecule has 3 atom stereocenters. The zero-order valence-electron chi connectivity index (χ0n) is 14.4.